The number of hydrogen-bond donors (Lipinski definition) is 1. The van der Waals surface area contributed by atoms with Gasteiger partial charge < -0.3 is 19.5 Å². The van der Waals surface area contributed by atoms with Gasteiger partial charge in [0.15, 0.2) is 0 Å². The number of carbonyl (C=O) groups excluding carboxylic acids is 2. The highest BCUT2D eigenvalue weighted by Gasteiger charge is 2.28. The van der Waals surface area contributed by atoms with Crippen LogP contribution in [0.4, 0.5) is 5.69 Å². The van der Waals surface area contributed by atoms with Gasteiger partial charge in [0.2, 0.25) is 10.0 Å². The zero-order chi connectivity index (χ0) is 22.6. The van der Waals surface area contributed by atoms with E-state index < -0.39 is 21.9 Å². The lowest BCUT2D eigenvalue weighted by atomic mass is 10.1. The number of hydrogen-bond acceptors (Lipinski definition) is 7. The van der Waals surface area contributed by atoms with E-state index in [-0.39, 0.29) is 34.8 Å². The van der Waals surface area contributed by atoms with E-state index in [1.54, 1.807) is 19.1 Å². The molecule has 0 bridgehead atoms. The Morgan fingerprint density at radius 1 is 1.06 bits per heavy atom. The maximum Gasteiger partial charge on any atom is 0.340 e. The Kier molecular flexibility index (Phi) is 6.94. The van der Waals surface area contributed by atoms with Gasteiger partial charge in [-0.25, -0.2) is 13.2 Å². The van der Waals surface area contributed by atoms with E-state index in [9.17, 15) is 18.0 Å². The number of rotatable bonds is 6. The Morgan fingerprint density at radius 3 is 2.42 bits per heavy atom. The number of benzene rings is 2. The second-order valence-corrected chi connectivity index (χ2v) is 8.76. The normalized spacial score (nSPS) is 14.7. The van der Waals surface area contributed by atoms with Crippen molar-refractivity contribution in [3.05, 3.63) is 53.1 Å². The maximum absolute atomic E-state index is 13.1. The van der Waals surface area contributed by atoms with Gasteiger partial charge in [0, 0.05) is 18.7 Å². The number of morpholine rings is 1. The molecule has 3 rings (SSSR count). The van der Waals surface area contributed by atoms with E-state index in [0.717, 1.165) is 0 Å². The van der Waals surface area contributed by atoms with Crippen molar-refractivity contribution in [3.63, 3.8) is 0 Å². The largest absolute Gasteiger partial charge is 0.497 e. The minimum atomic E-state index is -3.77. The fourth-order valence-electron chi connectivity index (χ4n) is 3.18. The van der Waals surface area contributed by atoms with Gasteiger partial charge in [-0.2, -0.15) is 4.31 Å². The molecule has 2 aromatic rings. The molecule has 0 saturated carbocycles. The lowest BCUT2D eigenvalue weighted by molar-refractivity contribution is 0.0601. The van der Waals surface area contributed by atoms with Gasteiger partial charge in [0.1, 0.15) is 5.75 Å². The second kappa shape index (κ2) is 9.46. The van der Waals surface area contributed by atoms with Crippen LogP contribution in [0, 0.1) is 6.92 Å². The molecule has 31 heavy (non-hydrogen) atoms. The summed E-state index contributed by atoms with van der Waals surface area (Å²) in [5, 5.41) is 2.65. The molecule has 1 aliphatic rings. The monoisotopic (exact) mass is 448 g/mol. The summed E-state index contributed by atoms with van der Waals surface area (Å²) < 4.78 is 42.6. The Hall–Kier alpha value is -2.95. The van der Waals surface area contributed by atoms with Crippen LogP contribution in [0.2, 0.25) is 0 Å². The number of amides is 1. The Balaban J connectivity index is 1.92. The van der Waals surface area contributed by atoms with Crippen molar-refractivity contribution in [2.24, 2.45) is 0 Å². The Morgan fingerprint density at radius 2 is 1.77 bits per heavy atom. The molecular formula is C21H24N2O7S. The number of aryl methyl sites for hydroxylation is 1. The van der Waals surface area contributed by atoms with Crippen molar-refractivity contribution in [2.75, 3.05) is 45.8 Å². The summed E-state index contributed by atoms with van der Waals surface area (Å²) in [4.78, 5) is 25.0. The van der Waals surface area contributed by atoms with Crippen LogP contribution in [0.1, 0.15) is 26.3 Å². The molecule has 1 amide bonds. The minimum absolute atomic E-state index is 0.0602. The molecule has 1 aliphatic heterocycles. The van der Waals surface area contributed by atoms with Crippen molar-refractivity contribution in [1.29, 1.82) is 0 Å². The van der Waals surface area contributed by atoms with Gasteiger partial charge in [-0.15, -0.1) is 0 Å². The third-order valence-corrected chi connectivity index (χ3v) is 6.96. The summed E-state index contributed by atoms with van der Waals surface area (Å²) in [5.74, 6) is -0.782. The summed E-state index contributed by atoms with van der Waals surface area (Å²) in [7, 11) is -1.09. The van der Waals surface area contributed by atoms with E-state index in [2.05, 4.69) is 5.32 Å². The smallest absolute Gasteiger partial charge is 0.340 e. The molecule has 0 radical (unpaired) electrons. The zero-order valence-corrected chi connectivity index (χ0v) is 18.3. The minimum Gasteiger partial charge on any atom is -0.497 e. The average molecular weight is 448 g/mol. The van der Waals surface area contributed by atoms with E-state index in [0.29, 0.717) is 24.5 Å². The van der Waals surface area contributed by atoms with Gasteiger partial charge in [-0.3, -0.25) is 4.79 Å². The summed E-state index contributed by atoms with van der Waals surface area (Å²) in [6.45, 7) is 2.84. The number of nitrogens with zero attached hydrogens (tertiary/aromatic N) is 1. The molecule has 166 valence electrons. The number of methoxy groups -OCH3 is 2. The van der Waals surface area contributed by atoms with Crippen molar-refractivity contribution in [3.8, 4) is 5.75 Å². The fourth-order valence-corrected chi connectivity index (χ4v) is 4.84. The molecule has 1 saturated heterocycles. The first-order valence-electron chi connectivity index (χ1n) is 9.54. The van der Waals surface area contributed by atoms with Crippen LogP contribution < -0.4 is 10.1 Å². The molecule has 1 fully saturated rings. The first-order valence-corrected chi connectivity index (χ1v) is 11.0. The maximum atomic E-state index is 13.1. The predicted molar refractivity (Wildman–Crippen MR) is 113 cm³/mol. The number of carbonyl (C=O) groups is 2. The van der Waals surface area contributed by atoms with Gasteiger partial charge in [-0.05, 0) is 42.8 Å². The molecule has 0 unspecified atom stereocenters. The highest BCUT2D eigenvalue weighted by molar-refractivity contribution is 7.89. The number of sulfonamides is 1. The van der Waals surface area contributed by atoms with E-state index in [4.69, 9.17) is 14.2 Å². The molecule has 9 nitrogen and oxygen atoms in total. The summed E-state index contributed by atoms with van der Waals surface area (Å²) in [6, 6.07) is 9.01. The summed E-state index contributed by atoms with van der Waals surface area (Å²) >= 11 is 0. The molecule has 1 heterocycles. The molecule has 2 aromatic carbocycles. The van der Waals surface area contributed by atoms with Crippen molar-refractivity contribution in [1.82, 2.24) is 4.31 Å². The van der Waals surface area contributed by atoms with Gasteiger partial charge >= 0.3 is 5.97 Å². The lowest BCUT2D eigenvalue weighted by Gasteiger charge is -2.26. The molecule has 10 heteroatoms. The highest BCUT2D eigenvalue weighted by atomic mass is 32.2. The van der Waals surface area contributed by atoms with Crippen LogP contribution in [-0.2, 0) is 19.5 Å². The van der Waals surface area contributed by atoms with Gasteiger partial charge in [0.05, 0.1) is 43.6 Å². The topological polar surface area (TPSA) is 111 Å². The van der Waals surface area contributed by atoms with E-state index in [1.807, 2.05) is 0 Å². The average Bonchev–Trinajstić information content (AvgIpc) is 2.79. The Labute approximate surface area is 181 Å². The number of nitrogens with one attached hydrogen (secondary N) is 1. The van der Waals surface area contributed by atoms with Crippen molar-refractivity contribution >= 4 is 27.6 Å². The molecule has 1 N–H and O–H groups in total. The first-order chi connectivity index (χ1) is 14.8. The van der Waals surface area contributed by atoms with Crippen LogP contribution in [-0.4, -0.2) is 65.1 Å². The quantitative estimate of drug-likeness (QED) is 0.674. The lowest BCUT2D eigenvalue weighted by Crippen LogP contribution is -2.40. The van der Waals surface area contributed by atoms with Gasteiger partial charge in [0.25, 0.3) is 5.91 Å². The van der Waals surface area contributed by atoms with Crippen LogP contribution in [0.5, 0.6) is 5.75 Å². The van der Waals surface area contributed by atoms with Crippen molar-refractivity contribution < 1.29 is 32.2 Å². The van der Waals surface area contributed by atoms with Crippen molar-refractivity contribution in [2.45, 2.75) is 11.8 Å². The number of esters is 1. The van der Waals surface area contributed by atoms with Crippen LogP contribution in [0.3, 0.4) is 0 Å². The zero-order valence-electron chi connectivity index (χ0n) is 17.5. The van der Waals surface area contributed by atoms with E-state index in [1.165, 1.54) is 42.8 Å². The highest BCUT2D eigenvalue weighted by Crippen LogP contribution is 2.25. The molecular weight excluding hydrogens is 424 g/mol. The summed E-state index contributed by atoms with van der Waals surface area (Å²) in [5.41, 5.74) is 1.01. The van der Waals surface area contributed by atoms with Crippen LogP contribution >= 0.6 is 0 Å². The molecule has 0 atom stereocenters. The molecule has 0 aromatic heterocycles. The first kappa shape index (κ1) is 22.7. The molecule has 0 spiro atoms. The second-order valence-electron chi connectivity index (χ2n) is 6.85. The predicted octanol–water partition coefficient (Wildman–Crippen LogP) is 2.06. The van der Waals surface area contributed by atoms with Gasteiger partial charge in [-0.1, -0.05) is 6.07 Å². The third-order valence-electron chi connectivity index (χ3n) is 4.92. The molecule has 0 aliphatic carbocycles. The van der Waals surface area contributed by atoms with E-state index >= 15 is 0 Å². The summed E-state index contributed by atoms with van der Waals surface area (Å²) in [6.07, 6.45) is 0. The number of anilines is 1. The number of ether oxygens (including phenoxy) is 3. The standard InChI is InChI=1S/C21H24N2O7S/c1-14-4-5-15(12-19(14)31(26,27)23-8-10-30-11-9-23)20(24)22-18-7-6-16(28-2)13-17(18)21(25)29-3/h4-7,12-13H,8-11H2,1-3H3,(H,22,24). The SMILES string of the molecule is COC(=O)c1cc(OC)ccc1NC(=O)c1ccc(C)c(S(=O)(=O)N2CCOCC2)c1. The van der Waals surface area contributed by atoms with Crippen LogP contribution in [0.25, 0.3) is 0 Å². The fraction of sp³-hybridized carbons (Fsp3) is 0.333. The Bertz CT molecular complexity index is 1090. The van der Waals surface area contributed by atoms with Crippen LogP contribution in [0.15, 0.2) is 41.3 Å². The third kappa shape index (κ3) is 4.87.